The van der Waals surface area contributed by atoms with Crippen molar-refractivity contribution in [2.24, 2.45) is 0 Å². The zero-order valence-electron chi connectivity index (χ0n) is 18.0. The van der Waals surface area contributed by atoms with E-state index in [4.69, 9.17) is 5.73 Å². The zero-order chi connectivity index (χ0) is 25.9. The van der Waals surface area contributed by atoms with Gasteiger partial charge < -0.3 is 21.5 Å². The molecule has 3 rings (SSSR count). The number of benzene rings is 2. The Morgan fingerprint density at radius 1 is 1.11 bits per heavy atom. The van der Waals surface area contributed by atoms with E-state index in [1.54, 1.807) is 12.2 Å². The van der Waals surface area contributed by atoms with E-state index in [-0.39, 0.29) is 22.8 Å². The van der Waals surface area contributed by atoms with Gasteiger partial charge in [0.2, 0.25) is 0 Å². The molecule has 184 valence electrons. The number of nitrogen functional groups attached to an aromatic ring is 1. The molecule has 0 aliphatic heterocycles. The molecular weight excluding hydrogens is 477 g/mol. The highest BCUT2D eigenvalue weighted by molar-refractivity contribution is 5.97. The molecule has 0 unspecified atom stereocenters. The summed E-state index contributed by atoms with van der Waals surface area (Å²) in [6.07, 6.45) is -5.25. The van der Waals surface area contributed by atoms with Crippen LogP contribution in [0, 0.1) is 18.6 Å². The van der Waals surface area contributed by atoms with E-state index in [0.29, 0.717) is 17.2 Å². The Morgan fingerprint density at radius 3 is 2.37 bits per heavy atom. The lowest BCUT2D eigenvalue weighted by atomic mass is 10.0. The summed E-state index contributed by atoms with van der Waals surface area (Å²) in [7, 11) is 0. The van der Waals surface area contributed by atoms with Crippen LogP contribution in [0.2, 0.25) is 0 Å². The number of aliphatic hydroxyl groups is 1. The third-order valence-electron chi connectivity index (χ3n) is 4.68. The molecule has 13 heteroatoms. The Bertz CT molecular complexity index is 1260. The van der Waals surface area contributed by atoms with E-state index >= 15 is 0 Å². The summed E-state index contributed by atoms with van der Waals surface area (Å²) in [5.74, 6) is -4.37. The van der Waals surface area contributed by atoms with Crippen molar-refractivity contribution < 1.29 is 36.6 Å². The molecule has 0 saturated carbocycles. The Labute approximate surface area is 195 Å². The van der Waals surface area contributed by atoms with Gasteiger partial charge in [0.15, 0.2) is 17.6 Å². The lowest BCUT2D eigenvalue weighted by Crippen LogP contribution is -2.34. The molecule has 35 heavy (non-hydrogen) atoms. The number of anilines is 2. The predicted molar refractivity (Wildman–Crippen MR) is 115 cm³/mol. The number of nitrogens with one attached hydrogen (secondary N) is 2. The van der Waals surface area contributed by atoms with E-state index in [0.717, 1.165) is 12.1 Å². The Hall–Kier alpha value is -4.13. The number of carbonyl (C=O) groups is 2. The van der Waals surface area contributed by atoms with Crippen molar-refractivity contribution >= 4 is 23.3 Å². The first-order valence-electron chi connectivity index (χ1n) is 9.87. The first-order chi connectivity index (χ1) is 16.3. The van der Waals surface area contributed by atoms with E-state index in [1.807, 2.05) is 0 Å². The molecule has 1 aromatic heterocycles. The van der Waals surface area contributed by atoms with Crippen molar-refractivity contribution in [3.63, 3.8) is 0 Å². The summed E-state index contributed by atoms with van der Waals surface area (Å²) in [6.45, 7) is 0.0452. The molecule has 0 spiro atoms. The van der Waals surface area contributed by atoms with Gasteiger partial charge in [-0.15, -0.1) is 0 Å². The number of nitrogens with two attached hydrogens (primary N) is 1. The van der Waals surface area contributed by atoms with E-state index in [2.05, 4.69) is 15.3 Å². The highest BCUT2D eigenvalue weighted by atomic mass is 19.4. The third kappa shape index (κ3) is 6.47. The zero-order valence-corrected chi connectivity index (χ0v) is 18.0. The summed E-state index contributed by atoms with van der Waals surface area (Å²) < 4.78 is 63.9. The minimum absolute atomic E-state index is 0.127. The van der Waals surface area contributed by atoms with Gasteiger partial charge in [-0.3, -0.25) is 9.59 Å². The number of hydrogen-bond donors (Lipinski definition) is 4. The molecule has 0 bridgehead atoms. The number of halogens is 5. The second-order valence-electron chi connectivity index (χ2n) is 7.41. The van der Waals surface area contributed by atoms with Crippen LogP contribution in [0.4, 0.5) is 33.5 Å². The molecule has 0 aliphatic carbocycles. The smallest absolute Gasteiger partial charge is 0.382 e. The van der Waals surface area contributed by atoms with Gasteiger partial charge in [0.25, 0.3) is 11.8 Å². The van der Waals surface area contributed by atoms with Crippen molar-refractivity contribution in [1.29, 1.82) is 0 Å². The summed E-state index contributed by atoms with van der Waals surface area (Å²) >= 11 is 0. The fourth-order valence-electron chi connectivity index (χ4n) is 3.08. The minimum Gasteiger partial charge on any atom is -0.382 e. The number of nitrogens with zero attached hydrogens (tertiary/aromatic N) is 2. The van der Waals surface area contributed by atoms with Crippen molar-refractivity contribution in [2.45, 2.75) is 19.2 Å². The van der Waals surface area contributed by atoms with Crippen molar-refractivity contribution in [2.75, 3.05) is 17.6 Å². The highest BCUT2D eigenvalue weighted by Crippen LogP contribution is 2.26. The molecule has 3 aromatic rings. The topological polar surface area (TPSA) is 130 Å². The van der Waals surface area contributed by atoms with Crippen LogP contribution in [0.25, 0.3) is 11.3 Å². The largest absolute Gasteiger partial charge is 0.405 e. The standard InChI is InChI=1S/C22H18F5N5O3/c1-10-4-14(31-21(35)18(33)11-5-12(23)7-13(24)6-11)2-3-15(10)16-8-29-19(28)17(32-16)20(34)30-9-22(25,26)27/h2-8,18,33H,9H2,1H3,(H2,28,29)(H,30,34)(H,31,35)/t18-/m0/s1. The molecule has 1 heterocycles. The molecule has 0 fully saturated rings. The molecule has 0 saturated heterocycles. The SMILES string of the molecule is Cc1cc(NC(=O)[C@@H](O)c2cc(F)cc(F)c2)ccc1-c1cnc(N)c(C(=O)NCC(F)(F)F)n1. The summed E-state index contributed by atoms with van der Waals surface area (Å²) in [6, 6.07) is 6.63. The quantitative estimate of drug-likeness (QED) is 0.389. The van der Waals surface area contributed by atoms with Crippen LogP contribution in [-0.4, -0.2) is 39.6 Å². The summed E-state index contributed by atoms with van der Waals surface area (Å²) in [4.78, 5) is 32.2. The Morgan fingerprint density at radius 2 is 1.77 bits per heavy atom. The lowest BCUT2D eigenvalue weighted by molar-refractivity contribution is -0.124. The molecule has 0 radical (unpaired) electrons. The number of aromatic nitrogens is 2. The molecule has 8 nitrogen and oxygen atoms in total. The Balaban J connectivity index is 1.79. The van der Waals surface area contributed by atoms with Gasteiger partial charge >= 0.3 is 6.18 Å². The number of alkyl halides is 3. The molecule has 2 aromatic carbocycles. The monoisotopic (exact) mass is 495 g/mol. The summed E-state index contributed by atoms with van der Waals surface area (Å²) in [5.41, 5.74) is 6.10. The number of hydrogen-bond acceptors (Lipinski definition) is 6. The maximum atomic E-state index is 13.4. The average molecular weight is 495 g/mol. The predicted octanol–water partition coefficient (Wildman–Crippen LogP) is 3.28. The molecule has 1 atom stereocenters. The first-order valence-corrected chi connectivity index (χ1v) is 9.87. The van der Waals surface area contributed by atoms with Crippen LogP contribution in [0.3, 0.4) is 0 Å². The van der Waals surface area contributed by atoms with Crippen LogP contribution in [0.15, 0.2) is 42.6 Å². The number of aliphatic hydroxyl groups excluding tert-OH is 1. The number of carbonyl (C=O) groups excluding carboxylic acids is 2. The van der Waals surface area contributed by atoms with Gasteiger partial charge in [-0.1, -0.05) is 6.07 Å². The first kappa shape index (κ1) is 25.5. The van der Waals surface area contributed by atoms with Crippen LogP contribution in [0.5, 0.6) is 0 Å². The van der Waals surface area contributed by atoms with Crippen molar-refractivity contribution in [1.82, 2.24) is 15.3 Å². The average Bonchev–Trinajstić information content (AvgIpc) is 2.76. The van der Waals surface area contributed by atoms with Gasteiger partial charge in [0.1, 0.15) is 18.2 Å². The third-order valence-corrected chi connectivity index (χ3v) is 4.68. The Kier molecular flexibility index (Phi) is 7.29. The van der Waals surface area contributed by atoms with Gasteiger partial charge in [-0.2, -0.15) is 13.2 Å². The molecule has 0 aliphatic rings. The second kappa shape index (κ2) is 10.0. The summed E-state index contributed by atoms with van der Waals surface area (Å²) in [5, 5.41) is 14.2. The number of aryl methyl sites for hydroxylation is 1. The van der Waals surface area contributed by atoms with Gasteiger partial charge in [0.05, 0.1) is 11.9 Å². The van der Waals surface area contributed by atoms with E-state index < -0.39 is 48.0 Å². The molecular formula is C22H18F5N5O3. The van der Waals surface area contributed by atoms with Gasteiger partial charge in [-0.25, -0.2) is 18.7 Å². The van der Waals surface area contributed by atoms with Crippen molar-refractivity contribution in [3.05, 3.63) is 71.1 Å². The molecule has 2 amide bonds. The number of amides is 2. The van der Waals surface area contributed by atoms with Gasteiger partial charge in [0, 0.05) is 17.3 Å². The van der Waals surface area contributed by atoms with E-state index in [1.165, 1.54) is 24.4 Å². The van der Waals surface area contributed by atoms with E-state index in [9.17, 15) is 36.6 Å². The lowest BCUT2D eigenvalue weighted by Gasteiger charge is -2.14. The van der Waals surface area contributed by atoms with Crippen LogP contribution in [-0.2, 0) is 4.79 Å². The second-order valence-corrected chi connectivity index (χ2v) is 7.41. The normalized spacial score (nSPS) is 12.2. The fourth-order valence-corrected chi connectivity index (χ4v) is 3.08. The molecule has 5 N–H and O–H groups in total. The van der Waals surface area contributed by atoms with Crippen LogP contribution < -0.4 is 16.4 Å². The highest BCUT2D eigenvalue weighted by Gasteiger charge is 2.29. The minimum atomic E-state index is -4.62. The van der Waals surface area contributed by atoms with Crippen LogP contribution in [0.1, 0.15) is 27.7 Å². The number of rotatable bonds is 6. The maximum Gasteiger partial charge on any atom is 0.405 e. The maximum absolute atomic E-state index is 13.4. The van der Waals surface area contributed by atoms with Crippen LogP contribution >= 0.6 is 0 Å². The fraction of sp³-hybridized carbons (Fsp3) is 0.182. The van der Waals surface area contributed by atoms with Crippen molar-refractivity contribution in [3.8, 4) is 11.3 Å². The van der Waals surface area contributed by atoms with Gasteiger partial charge in [-0.05, 0) is 42.3 Å².